The highest BCUT2D eigenvalue weighted by Crippen LogP contribution is 2.20. The van der Waals surface area contributed by atoms with E-state index in [2.05, 4.69) is 18.1 Å². The molecule has 0 aliphatic rings. The number of nitrogens with two attached hydrogens (primary N) is 1. The van der Waals surface area contributed by atoms with Crippen LogP contribution in [0.15, 0.2) is 4.99 Å². The van der Waals surface area contributed by atoms with Gasteiger partial charge in [0.1, 0.15) is 0 Å². The third-order valence-corrected chi connectivity index (χ3v) is 9.33. The van der Waals surface area contributed by atoms with Gasteiger partial charge in [-0.05, 0) is 25.9 Å². The Balaban J connectivity index is 4.28. The van der Waals surface area contributed by atoms with Crippen molar-refractivity contribution in [1.29, 1.82) is 0 Å². The summed E-state index contributed by atoms with van der Waals surface area (Å²) < 4.78 is 22.1. The third-order valence-electron chi connectivity index (χ3n) is 3.54. The number of aliphatic imine (C=N–C) groups is 1. The quantitative estimate of drug-likeness (QED) is 0.248. The van der Waals surface area contributed by atoms with Crippen molar-refractivity contribution in [1.82, 2.24) is 0 Å². The van der Waals surface area contributed by atoms with Gasteiger partial charge in [0.05, 0.1) is 6.54 Å². The summed E-state index contributed by atoms with van der Waals surface area (Å²) in [6, 6.07) is 0.660. The van der Waals surface area contributed by atoms with Crippen molar-refractivity contribution in [2.75, 3.05) is 34.5 Å². The summed E-state index contributed by atoms with van der Waals surface area (Å²) in [5.41, 5.74) is 6.23. The number of hydrogen-bond acceptors (Lipinski definition) is 7. The molecule has 0 heterocycles. The Labute approximate surface area is 129 Å². The van der Waals surface area contributed by atoms with Crippen LogP contribution in [0.5, 0.6) is 0 Å². The molecule has 9 heteroatoms. The summed E-state index contributed by atoms with van der Waals surface area (Å²) in [7, 11) is 0.193. The Kier molecular flexibility index (Phi) is 10.2. The fraction of sp³-hybridized carbons (Fsp3) is 0.917. The van der Waals surface area contributed by atoms with E-state index in [4.69, 9.17) is 23.4 Å². The third kappa shape index (κ3) is 7.43. The first kappa shape index (κ1) is 20.6. The van der Waals surface area contributed by atoms with Gasteiger partial charge in [-0.1, -0.05) is 0 Å². The molecule has 1 unspecified atom stereocenters. The van der Waals surface area contributed by atoms with Crippen molar-refractivity contribution in [2.24, 2.45) is 10.7 Å². The maximum Gasteiger partial charge on any atom is 0.500 e. The van der Waals surface area contributed by atoms with Gasteiger partial charge in [-0.2, -0.15) is 0 Å². The van der Waals surface area contributed by atoms with Crippen LogP contribution in [-0.2, 0) is 22.5 Å². The lowest BCUT2D eigenvalue weighted by atomic mass is 10.5. The molecule has 0 bridgehead atoms. The zero-order valence-corrected chi connectivity index (χ0v) is 15.7. The van der Waals surface area contributed by atoms with E-state index < -0.39 is 17.1 Å². The van der Waals surface area contributed by atoms with Gasteiger partial charge >= 0.3 is 8.80 Å². The van der Waals surface area contributed by atoms with E-state index in [1.165, 1.54) is 6.08 Å². The fourth-order valence-corrected chi connectivity index (χ4v) is 5.66. The maximum absolute atomic E-state index is 9.96. The predicted molar refractivity (Wildman–Crippen MR) is 85.2 cm³/mol. The molecule has 0 amide bonds. The average molecular weight is 337 g/mol. The molecule has 21 heavy (non-hydrogen) atoms. The van der Waals surface area contributed by atoms with Gasteiger partial charge in [0.2, 0.25) is 14.4 Å². The molecule has 1 atom stereocenters. The molecule has 0 aliphatic carbocycles. The van der Waals surface area contributed by atoms with E-state index in [0.29, 0.717) is 25.6 Å². The van der Waals surface area contributed by atoms with Crippen molar-refractivity contribution in [3.8, 4) is 0 Å². The van der Waals surface area contributed by atoms with Gasteiger partial charge in [-0.15, -0.1) is 0 Å². The number of carbonyl (C=O) groups excluding carboxylic acids is 1. The van der Waals surface area contributed by atoms with Crippen molar-refractivity contribution in [3.05, 3.63) is 0 Å². The SMILES string of the molecule is CO[Si](CCC(N)[Si](C)(C)OCCCN=C=O)(OC)OC. The highest BCUT2D eigenvalue weighted by Gasteiger charge is 2.40. The fourth-order valence-electron chi connectivity index (χ4n) is 1.87. The van der Waals surface area contributed by atoms with Crippen LogP contribution in [0.4, 0.5) is 0 Å². The smallest absolute Gasteiger partial charge is 0.416 e. The summed E-state index contributed by atoms with van der Waals surface area (Å²) >= 11 is 0. The zero-order chi connectivity index (χ0) is 16.4. The summed E-state index contributed by atoms with van der Waals surface area (Å²) in [5, 5.41) is 0. The first-order chi connectivity index (χ1) is 9.87. The van der Waals surface area contributed by atoms with Crippen LogP contribution in [0, 0.1) is 0 Å². The molecule has 0 spiro atoms. The van der Waals surface area contributed by atoms with E-state index in [1.54, 1.807) is 21.3 Å². The molecule has 2 N–H and O–H groups in total. The van der Waals surface area contributed by atoms with Crippen molar-refractivity contribution in [2.45, 2.75) is 37.6 Å². The maximum atomic E-state index is 9.96. The van der Waals surface area contributed by atoms with E-state index in [-0.39, 0.29) is 5.67 Å². The summed E-state index contributed by atoms with van der Waals surface area (Å²) in [4.78, 5) is 13.5. The van der Waals surface area contributed by atoms with Crippen LogP contribution in [0.25, 0.3) is 0 Å². The lowest BCUT2D eigenvalue weighted by molar-refractivity contribution is 0.122. The van der Waals surface area contributed by atoms with Crippen LogP contribution in [-0.4, -0.2) is 63.3 Å². The molecule has 0 aromatic rings. The van der Waals surface area contributed by atoms with E-state index in [0.717, 1.165) is 6.42 Å². The monoisotopic (exact) mass is 336 g/mol. The van der Waals surface area contributed by atoms with Crippen molar-refractivity contribution >= 4 is 23.2 Å². The molecule has 0 aliphatic heterocycles. The Bertz CT molecular complexity index is 325. The standard InChI is InChI=1S/C12H28N2O5Si2/c1-16-21(17-2,18-3)10-7-12(13)20(4,5)19-9-6-8-14-11-15/h12H,6-10,13H2,1-5H3. The molecule has 0 aromatic heterocycles. The summed E-state index contributed by atoms with van der Waals surface area (Å²) in [6.07, 6.45) is 2.94. The van der Waals surface area contributed by atoms with E-state index >= 15 is 0 Å². The van der Waals surface area contributed by atoms with Gasteiger partial charge in [-0.25, -0.2) is 9.79 Å². The molecule has 0 radical (unpaired) electrons. The van der Waals surface area contributed by atoms with Gasteiger partial charge in [0, 0.05) is 39.6 Å². The highest BCUT2D eigenvalue weighted by atomic mass is 28.4. The minimum absolute atomic E-state index is 0.0422. The Hall–Kier alpha value is -0.386. The summed E-state index contributed by atoms with van der Waals surface area (Å²) in [6.45, 7) is 5.16. The Morgan fingerprint density at radius 2 is 1.76 bits per heavy atom. The molecule has 0 rings (SSSR count). The lowest BCUT2D eigenvalue weighted by Gasteiger charge is -2.31. The molecule has 7 nitrogen and oxygen atoms in total. The summed E-state index contributed by atoms with van der Waals surface area (Å²) in [5.74, 6) is 0. The number of hydrogen-bond donors (Lipinski definition) is 1. The van der Waals surface area contributed by atoms with Crippen LogP contribution in [0.1, 0.15) is 12.8 Å². The van der Waals surface area contributed by atoms with Crippen LogP contribution in [0.3, 0.4) is 0 Å². The molecule has 0 saturated heterocycles. The molecule has 0 saturated carbocycles. The second-order valence-electron chi connectivity index (χ2n) is 5.22. The van der Waals surface area contributed by atoms with Crippen LogP contribution < -0.4 is 5.73 Å². The zero-order valence-electron chi connectivity index (χ0n) is 13.7. The lowest BCUT2D eigenvalue weighted by Crippen LogP contribution is -2.52. The molecular weight excluding hydrogens is 308 g/mol. The predicted octanol–water partition coefficient (Wildman–Crippen LogP) is 1.07. The molecular formula is C12H28N2O5Si2. The normalized spacial score (nSPS) is 13.8. The first-order valence-electron chi connectivity index (χ1n) is 6.96. The van der Waals surface area contributed by atoms with Gasteiger partial charge in [-0.3, -0.25) is 0 Å². The number of isocyanates is 1. The van der Waals surface area contributed by atoms with Gasteiger partial charge < -0.3 is 23.4 Å². The van der Waals surface area contributed by atoms with Crippen molar-refractivity contribution in [3.63, 3.8) is 0 Å². The Morgan fingerprint density at radius 3 is 2.24 bits per heavy atom. The van der Waals surface area contributed by atoms with Gasteiger partial charge in [0.25, 0.3) is 0 Å². The van der Waals surface area contributed by atoms with E-state index in [1.807, 2.05) is 0 Å². The second-order valence-corrected chi connectivity index (χ2v) is 12.5. The molecule has 0 fully saturated rings. The number of nitrogens with zero attached hydrogens (tertiary/aromatic N) is 1. The number of rotatable bonds is 12. The van der Waals surface area contributed by atoms with Crippen LogP contribution in [0.2, 0.25) is 19.1 Å². The van der Waals surface area contributed by atoms with Gasteiger partial charge in [0.15, 0.2) is 0 Å². The minimum Gasteiger partial charge on any atom is -0.416 e. The van der Waals surface area contributed by atoms with Crippen molar-refractivity contribution < 1.29 is 22.5 Å². The van der Waals surface area contributed by atoms with E-state index in [9.17, 15) is 4.79 Å². The minimum atomic E-state index is -2.58. The first-order valence-corrected chi connectivity index (χ1v) is 11.9. The van der Waals surface area contributed by atoms with Crippen LogP contribution >= 0.6 is 0 Å². The topological polar surface area (TPSA) is 92.4 Å². The average Bonchev–Trinajstić information content (AvgIpc) is 2.48. The molecule has 0 aromatic carbocycles. The largest absolute Gasteiger partial charge is 0.500 e. The molecule has 124 valence electrons. The second kappa shape index (κ2) is 10.4. The Morgan fingerprint density at radius 1 is 1.19 bits per heavy atom. The highest BCUT2D eigenvalue weighted by molar-refractivity contribution is 6.73.